The molecule has 6 heteroatoms. The Morgan fingerprint density at radius 3 is 1.45 bits per heavy atom. The first-order valence-electron chi connectivity index (χ1n) is 6.45. The summed E-state index contributed by atoms with van der Waals surface area (Å²) < 4.78 is 5.65. The maximum Gasteiger partial charge on any atom is 0.0694 e. The van der Waals surface area contributed by atoms with Gasteiger partial charge in [-0.2, -0.15) is 0 Å². The fourth-order valence-corrected chi connectivity index (χ4v) is 7.76. The number of fused-ring (bicyclic) bond motifs is 2. The van der Waals surface area contributed by atoms with Crippen LogP contribution in [0.1, 0.15) is 0 Å². The van der Waals surface area contributed by atoms with Gasteiger partial charge in [-0.1, -0.05) is 47.0 Å². The van der Waals surface area contributed by atoms with Crippen molar-refractivity contribution in [2.24, 2.45) is 0 Å². The van der Waals surface area contributed by atoms with Crippen LogP contribution >= 0.6 is 69.7 Å². The summed E-state index contributed by atoms with van der Waals surface area (Å²) in [5.74, 6) is 0. The normalized spacial score (nSPS) is 16.7. The average molecular weight is 395 g/mol. The van der Waals surface area contributed by atoms with Gasteiger partial charge in [-0.05, 0) is 67.4 Å². The molecule has 4 heterocycles. The predicted molar refractivity (Wildman–Crippen MR) is 113 cm³/mol. The molecule has 110 valence electrons. The lowest BCUT2D eigenvalue weighted by molar-refractivity contribution is 2.03. The quantitative estimate of drug-likeness (QED) is 0.377. The largest absolute Gasteiger partial charge is 0.144 e. The molecule has 0 saturated carbocycles. The molecule has 22 heavy (non-hydrogen) atoms. The fourth-order valence-electron chi connectivity index (χ4n) is 2.03. The van der Waals surface area contributed by atoms with E-state index in [1.165, 1.54) is 28.6 Å². The Hall–Kier alpha value is -0.240. The Kier molecular flexibility index (Phi) is 4.95. The monoisotopic (exact) mass is 394 g/mol. The van der Waals surface area contributed by atoms with Crippen molar-refractivity contribution in [1.82, 2.24) is 0 Å². The Balaban J connectivity index is 0.000000116. The molecule has 2 aromatic heterocycles. The molecule has 3 aromatic rings. The molecule has 0 saturated heterocycles. The van der Waals surface area contributed by atoms with E-state index in [0.29, 0.717) is 0 Å². The van der Waals surface area contributed by atoms with E-state index in [-0.39, 0.29) is 0 Å². The lowest BCUT2D eigenvalue weighted by Crippen LogP contribution is -1.62. The van der Waals surface area contributed by atoms with E-state index in [1.807, 2.05) is 69.7 Å². The third kappa shape index (κ3) is 3.32. The predicted octanol–water partition coefficient (Wildman–Crippen LogP) is 8.13. The summed E-state index contributed by atoms with van der Waals surface area (Å²) in [4.78, 5) is 0. The van der Waals surface area contributed by atoms with Gasteiger partial charge in [-0.3, -0.25) is 0 Å². The van der Waals surface area contributed by atoms with Crippen LogP contribution in [0.2, 0.25) is 0 Å². The Morgan fingerprint density at radius 2 is 1.00 bits per heavy atom. The minimum absolute atomic E-state index is 1.37. The van der Waals surface area contributed by atoms with Crippen LogP contribution in [0.15, 0.2) is 65.1 Å². The van der Waals surface area contributed by atoms with Crippen LogP contribution in [-0.4, -0.2) is 0 Å². The summed E-state index contributed by atoms with van der Waals surface area (Å²) in [5, 5.41) is 15.6. The van der Waals surface area contributed by atoms with Crippen LogP contribution in [0.25, 0.3) is 20.2 Å². The zero-order valence-corrected chi connectivity index (χ0v) is 16.1. The molecule has 0 unspecified atom stereocenters. The third-order valence-corrected chi connectivity index (χ3v) is 9.54. The van der Waals surface area contributed by atoms with Crippen molar-refractivity contribution in [3.63, 3.8) is 0 Å². The van der Waals surface area contributed by atoms with Crippen LogP contribution in [0.5, 0.6) is 0 Å². The lowest BCUT2D eigenvalue weighted by atomic mass is 10.2. The molecular formula is C16H10S6. The fraction of sp³-hybridized carbons (Fsp3) is 0. The molecule has 0 nitrogen and oxygen atoms in total. The molecule has 0 aliphatic carbocycles. The molecule has 0 bridgehead atoms. The highest BCUT2D eigenvalue weighted by molar-refractivity contribution is 8.33. The number of hydrogen-bond acceptors (Lipinski definition) is 6. The van der Waals surface area contributed by atoms with Gasteiger partial charge in [0.25, 0.3) is 0 Å². The van der Waals surface area contributed by atoms with Gasteiger partial charge in [0.2, 0.25) is 0 Å². The van der Waals surface area contributed by atoms with Crippen molar-refractivity contribution in [1.29, 1.82) is 0 Å². The Morgan fingerprint density at radius 1 is 0.545 bits per heavy atom. The second-order valence-electron chi connectivity index (χ2n) is 4.36. The van der Waals surface area contributed by atoms with Gasteiger partial charge in [-0.25, -0.2) is 0 Å². The Labute approximate surface area is 154 Å². The zero-order valence-electron chi connectivity index (χ0n) is 11.2. The summed E-state index contributed by atoms with van der Waals surface area (Å²) in [6.07, 6.45) is 0. The first-order chi connectivity index (χ1) is 10.9. The number of thiophene rings is 2. The maximum atomic E-state index is 2.28. The number of benzene rings is 1. The highest BCUT2D eigenvalue weighted by Gasteiger charge is 2.12. The molecular weight excluding hydrogens is 385 g/mol. The van der Waals surface area contributed by atoms with E-state index < -0.39 is 0 Å². The van der Waals surface area contributed by atoms with Crippen LogP contribution in [0.4, 0.5) is 0 Å². The second-order valence-corrected chi connectivity index (χ2v) is 10.4. The van der Waals surface area contributed by atoms with Crippen LogP contribution in [0, 0.1) is 0 Å². The Bertz CT molecular complexity index is 761. The molecule has 0 amide bonds. The molecule has 1 aromatic carbocycles. The van der Waals surface area contributed by atoms with E-state index in [1.54, 1.807) is 0 Å². The molecule has 0 radical (unpaired) electrons. The number of rotatable bonds is 0. The smallest absolute Gasteiger partial charge is 0.0694 e. The van der Waals surface area contributed by atoms with Gasteiger partial charge in [0, 0.05) is 9.40 Å². The first kappa shape index (κ1) is 15.3. The van der Waals surface area contributed by atoms with E-state index in [0.717, 1.165) is 0 Å². The summed E-state index contributed by atoms with van der Waals surface area (Å²) >= 11 is 10.9. The van der Waals surface area contributed by atoms with Crippen molar-refractivity contribution in [2.75, 3.05) is 0 Å². The van der Waals surface area contributed by atoms with Gasteiger partial charge in [0.15, 0.2) is 0 Å². The second kappa shape index (κ2) is 7.11. The average Bonchev–Trinajstić information content (AvgIpc) is 3.31. The zero-order chi connectivity index (χ0) is 14.8. The standard InChI is InChI=1S/C10H6S2.C6H4S4/c1-3-11-9-6-10-8(2-4-12-10)5-7(1)9;1-2-8-5(7-1)6-9-3-4-10-6/h1-6H;1-4H. The summed E-state index contributed by atoms with van der Waals surface area (Å²) in [7, 11) is 0. The first-order valence-corrected chi connectivity index (χ1v) is 11.7. The number of thioether (sulfide) groups is 4. The van der Waals surface area contributed by atoms with Crippen molar-refractivity contribution < 1.29 is 0 Å². The van der Waals surface area contributed by atoms with E-state index in [2.05, 4.69) is 56.7 Å². The van der Waals surface area contributed by atoms with E-state index in [4.69, 9.17) is 0 Å². The molecule has 0 fully saturated rings. The molecule has 0 N–H and O–H groups in total. The van der Waals surface area contributed by atoms with Crippen LogP contribution in [0.3, 0.4) is 0 Å². The third-order valence-electron chi connectivity index (χ3n) is 3.01. The lowest BCUT2D eigenvalue weighted by Gasteiger charge is -1.97. The number of hydrogen-bond donors (Lipinski definition) is 0. The van der Waals surface area contributed by atoms with Crippen molar-refractivity contribution in [2.45, 2.75) is 0 Å². The van der Waals surface area contributed by atoms with Gasteiger partial charge in [-0.15, -0.1) is 22.7 Å². The molecule has 0 atom stereocenters. The van der Waals surface area contributed by atoms with Crippen molar-refractivity contribution in [3.05, 3.63) is 65.1 Å². The van der Waals surface area contributed by atoms with Gasteiger partial charge in [0.05, 0.1) is 8.47 Å². The maximum absolute atomic E-state index is 2.28. The van der Waals surface area contributed by atoms with E-state index >= 15 is 0 Å². The van der Waals surface area contributed by atoms with Gasteiger partial charge < -0.3 is 0 Å². The van der Waals surface area contributed by atoms with Gasteiger partial charge in [0.1, 0.15) is 0 Å². The summed E-state index contributed by atoms with van der Waals surface area (Å²) in [5.41, 5.74) is 0. The molecule has 2 aliphatic rings. The minimum Gasteiger partial charge on any atom is -0.144 e. The highest BCUT2D eigenvalue weighted by atomic mass is 32.2. The van der Waals surface area contributed by atoms with Crippen LogP contribution < -0.4 is 0 Å². The minimum atomic E-state index is 1.37. The van der Waals surface area contributed by atoms with Crippen LogP contribution in [-0.2, 0) is 0 Å². The summed E-state index contributed by atoms with van der Waals surface area (Å²) in [6.45, 7) is 0. The van der Waals surface area contributed by atoms with E-state index in [9.17, 15) is 0 Å². The van der Waals surface area contributed by atoms with Crippen molar-refractivity contribution >= 4 is 89.9 Å². The molecule has 5 rings (SSSR count). The van der Waals surface area contributed by atoms with Crippen molar-refractivity contribution in [3.8, 4) is 0 Å². The summed E-state index contributed by atoms with van der Waals surface area (Å²) in [6, 6.07) is 8.89. The topological polar surface area (TPSA) is 0 Å². The molecule has 2 aliphatic heterocycles. The SMILES string of the molecule is C1=CSC(=C2SC=CS2)S1.c1cc2cc3ccsc3cc2s1. The van der Waals surface area contributed by atoms with Gasteiger partial charge >= 0.3 is 0 Å². The highest BCUT2D eigenvalue weighted by Crippen LogP contribution is 2.50. The molecule has 0 spiro atoms.